The summed E-state index contributed by atoms with van der Waals surface area (Å²) in [6.45, 7) is 0. The molecule has 0 aliphatic rings. The fourth-order valence-corrected chi connectivity index (χ4v) is 1.81. The van der Waals surface area contributed by atoms with E-state index in [1.54, 1.807) is 0 Å². The second-order valence-electron chi connectivity index (χ2n) is 4.18. The number of ether oxygens (including phenoxy) is 1. The van der Waals surface area contributed by atoms with Gasteiger partial charge < -0.3 is 10.5 Å². The van der Waals surface area contributed by atoms with Crippen LogP contribution in [0.3, 0.4) is 0 Å². The fourth-order valence-electron chi connectivity index (χ4n) is 1.59. The Labute approximate surface area is 123 Å². The molecule has 0 bridgehead atoms. The Kier molecular flexibility index (Phi) is 4.09. The Bertz CT molecular complexity index is 669. The highest BCUT2D eigenvalue weighted by atomic mass is 35.5. The predicted octanol–water partition coefficient (Wildman–Crippen LogP) is 4.44. The number of nitrogen functional groups attached to an aromatic ring is 1. The van der Waals surface area contributed by atoms with E-state index in [9.17, 15) is 13.2 Å². The summed E-state index contributed by atoms with van der Waals surface area (Å²) >= 11 is 5.97. The highest BCUT2D eigenvalue weighted by Crippen LogP contribution is 2.33. The summed E-state index contributed by atoms with van der Waals surface area (Å²) in [5, 5.41) is 7.49. The molecule has 0 heterocycles. The van der Waals surface area contributed by atoms with E-state index in [2.05, 4.69) is 0 Å². The van der Waals surface area contributed by atoms with Gasteiger partial charge in [-0.2, -0.15) is 13.2 Å². The van der Waals surface area contributed by atoms with Crippen LogP contribution in [-0.4, -0.2) is 5.84 Å². The molecule has 0 spiro atoms. The largest absolute Gasteiger partial charge is 0.456 e. The van der Waals surface area contributed by atoms with Crippen molar-refractivity contribution in [3.05, 3.63) is 58.6 Å². The molecular formula is C14H10ClF3N2O. The third kappa shape index (κ3) is 3.66. The van der Waals surface area contributed by atoms with Crippen molar-refractivity contribution in [1.29, 1.82) is 5.41 Å². The van der Waals surface area contributed by atoms with Crippen molar-refractivity contribution in [1.82, 2.24) is 0 Å². The Hall–Kier alpha value is -2.21. The lowest BCUT2D eigenvalue weighted by Gasteiger charge is -2.10. The number of benzene rings is 2. The Morgan fingerprint density at radius 2 is 1.71 bits per heavy atom. The maximum Gasteiger partial charge on any atom is 0.416 e. The van der Waals surface area contributed by atoms with Crippen molar-refractivity contribution in [3.63, 3.8) is 0 Å². The maximum atomic E-state index is 12.4. The molecular weight excluding hydrogens is 305 g/mol. The molecule has 0 fully saturated rings. The van der Waals surface area contributed by atoms with Gasteiger partial charge in [0.2, 0.25) is 0 Å². The summed E-state index contributed by atoms with van der Waals surface area (Å²) in [5.41, 5.74) is 4.99. The molecule has 2 aromatic carbocycles. The monoisotopic (exact) mass is 314 g/mol. The minimum Gasteiger partial charge on any atom is -0.456 e. The molecule has 0 aliphatic carbocycles. The van der Waals surface area contributed by atoms with E-state index in [0.717, 1.165) is 12.1 Å². The summed E-state index contributed by atoms with van der Waals surface area (Å²) < 4.78 is 42.7. The smallest absolute Gasteiger partial charge is 0.416 e. The number of alkyl halides is 3. The Morgan fingerprint density at radius 3 is 2.19 bits per heavy atom. The molecule has 0 aromatic heterocycles. The normalized spacial score (nSPS) is 11.2. The molecule has 3 N–H and O–H groups in total. The number of nitrogens with two attached hydrogens (primary N) is 1. The number of hydrogen-bond donors (Lipinski definition) is 2. The van der Waals surface area contributed by atoms with Crippen LogP contribution in [0.25, 0.3) is 0 Å². The second-order valence-corrected chi connectivity index (χ2v) is 4.59. The molecule has 0 saturated carbocycles. The van der Waals surface area contributed by atoms with Crippen LogP contribution in [0.2, 0.25) is 5.02 Å². The Balaban J connectivity index is 2.20. The zero-order valence-corrected chi connectivity index (χ0v) is 11.3. The molecule has 21 heavy (non-hydrogen) atoms. The maximum absolute atomic E-state index is 12.4. The lowest BCUT2D eigenvalue weighted by atomic mass is 10.2. The van der Waals surface area contributed by atoms with Gasteiger partial charge in [-0.25, -0.2) is 0 Å². The third-order valence-electron chi connectivity index (χ3n) is 2.65. The molecule has 110 valence electrons. The number of halogens is 4. The van der Waals surface area contributed by atoms with E-state index in [-0.39, 0.29) is 22.4 Å². The molecule has 0 unspecified atom stereocenters. The van der Waals surface area contributed by atoms with Gasteiger partial charge in [-0.15, -0.1) is 0 Å². The highest BCUT2D eigenvalue weighted by molar-refractivity contribution is 6.32. The third-order valence-corrected chi connectivity index (χ3v) is 2.95. The van der Waals surface area contributed by atoms with Crippen LogP contribution in [0.4, 0.5) is 13.2 Å². The molecule has 0 amide bonds. The van der Waals surface area contributed by atoms with Crippen LogP contribution in [-0.2, 0) is 6.18 Å². The standard InChI is InChI=1S/C14H10ClF3N2O/c15-11-7-8(13(19)20)1-6-12(11)21-10-4-2-9(3-5-10)14(16,17)18/h1-7H,(H3,19,20). The van der Waals surface area contributed by atoms with Crippen LogP contribution in [0.5, 0.6) is 11.5 Å². The van der Waals surface area contributed by atoms with Crippen LogP contribution in [0, 0.1) is 5.41 Å². The number of nitrogens with one attached hydrogen (secondary N) is 1. The molecule has 0 saturated heterocycles. The van der Waals surface area contributed by atoms with Gasteiger partial charge in [0.25, 0.3) is 0 Å². The molecule has 0 radical (unpaired) electrons. The SMILES string of the molecule is N=C(N)c1ccc(Oc2ccc(C(F)(F)F)cc2)c(Cl)c1. The van der Waals surface area contributed by atoms with Gasteiger partial charge in [0.15, 0.2) is 0 Å². The number of amidine groups is 1. The van der Waals surface area contributed by atoms with Gasteiger partial charge in [-0.3, -0.25) is 5.41 Å². The van der Waals surface area contributed by atoms with Gasteiger partial charge >= 0.3 is 6.18 Å². The van der Waals surface area contributed by atoms with E-state index in [1.807, 2.05) is 0 Å². The van der Waals surface area contributed by atoms with Crippen LogP contribution in [0.15, 0.2) is 42.5 Å². The van der Waals surface area contributed by atoms with Gasteiger partial charge in [0.1, 0.15) is 17.3 Å². The molecule has 3 nitrogen and oxygen atoms in total. The first-order valence-corrected chi connectivity index (χ1v) is 6.14. The van der Waals surface area contributed by atoms with Crippen LogP contribution in [0.1, 0.15) is 11.1 Å². The minimum atomic E-state index is -4.39. The lowest BCUT2D eigenvalue weighted by Crippen LogP contribution is -2.10. The first kappa shape index (κ1) is 15.2. The minimum absolute atomic E-state index is 0.141. The van der Waals surface area contributed by atoms with Crippen molar-refractivity contribution in [2.24, 2.45) is 5.73 Å². The van der Waals surface area contributed by atoms with E-state index < -0.39 is 11.7 Å². The van der Waals surface area contributed by atoms with Crippen molar-refractivity contribution in [2.75, 3.05) is 0 Å². The van der Waals surface area contributed by atoms with Crippen LogP contribution >= 0.6 is 11.6 Å². The molecule has 2 rings (SSSR count). The van der Waals surface area contributed by atoms with Crippen LogP contribution < -0.4 is 10.5 Å². The quantitative estimate of drug-likeness (QED) is 0.650. The number of rotatable bonds is 3. The lowest BCUT2D eigenvalue weighted by molar-refractivity contribution is -0.137. The second kappa shape index (κ2) is 5.65. The average Bonchev–Trinajstić information content (AvgIpc) is 2.40. The zero-order valence-electron chi connectivity index (χ0n) is 10.5. The Morgan fingerprint density at radius 1 is 1.10 bits per heavy atom. The molecule has 0 atom stereocenters. The predicted molar refractivity (Wildman–Crippen MR) is 74.0 cm³/mol. The van der Waals surface area contributed by atoms with Crippen molar-refractivity contribution >= 4 is 17.4 Å². The highest BCUT2D eigenvalue weighted by Gasteiger charge is 2.30. The summed E-state index contributed by atoms with van der Waals surface area (Å²) in [7, 11) is 0. The van der Waals surface area contributed by atoms with E-state index in [4.69, 9.17) is 27.5 Å². The van der Waals surface area contributed by atoms with Gasteiger partial charge in [0.05, 0.1) is 10.6 Å². The molecule has 7 heteroatoms. The summed E-state index contributed by atoms with van der Waals surface area (Å²) in [4.78, 5) is 0. The van der Waals surface area contributed by atoms with E-state index in [0.29, 0.717) is 5.56 Å². The molecule has 2 aromatic rings. The summed E-state index contributed by atoms with van der Waals surface area (Å²) in [5.74, 6) is 0.347. The molecule has 0 aliphatic heterocycles. The van der Waals surface area contributed by atoms with Gasteiger partial charge in [-0.1, -0.05) is 11.6 Å². The number of hydrogen-bond acceptors (Lipinski definition) is 2. The van der Waals surface area contributed by atoms with E-state index >= 15 is 0 Å². The topological polar surface area (TPSA) is 59.1 Å². The van der Waals surface area contributed by atoms with Gasteiger partial charge in [-0.05, 0) is 42.5 Å². The summed E-state index contributed by atoms with van der Waals surface area (Å²) in [6.07, 6.45) is -4.39. The first-order valence-electron chi connectivity index (χ1n) is 5.76. The zero-order chi connectivity index (χ0) is 15.6. The fraction of sp³-hybridized carbons (Fsp3) is 0.0714. The van der Waals surface area contributed by atoms with E-state index in [1.165, 1.54) is 30.3 Å². The van der Waals surface area contributed by atoms with Crippen molar-refractivity contribution in [2.45, 2.75) is 6.18 Å². The van der Waals surface area contributed by atoms with Gasteiger partial charge in [0, 0.05) is 5.56 Å². The van der Waals surface area contributed by atoms with Crippen molar-refractivity contribution in [3.8, 4) is 11.5 Å². The van der Waals surface area contributed by atoms with Crippen molar-refractivity contribution < 1.29 is 17.9 Å². The summed E-state index contributed by atoms with van der Waals surface area (Å²) in [6, 6.07) is 8.74. The first-order chi connectivity index (χ1) is 9.77. The average molecular weight is 315 g/mol.